The van der Waals surface area contributed by atoms with Crippen molar-refractivity contribution in [3.63, 3.8) is 0 Å². The number of fused-ring (bicyclic) bond motifs is 1. The van der Waals surface area contributed by atoms with Gasteiger partial charge in [0.15, 0.2) is 11.5 Å². The molecule has 1 atom stereocenters. The summed E-state index contributed by atoms with van der Waals surface area (Å²) in [7, 11) is 3.26. The van der Waals surface area contributed by atoms with Gasteiger partial charge in [0.2, 0.25) is 0 Å². The van der Waals surface area contributed by atoms with Crippen molar-refractivity contribution in [2.24, 2.45) is 0 Å². The summed E-state index contributed by atoms with van der Waals surface area (Å²) in [6.07, 6.45) is 3.31. The van der Waals surface area contributed by atoms with E-state index in [1.807, 2.05) is 18.2 Å². The van der Waals surface area contributed by atoms with E-state index >= 15 is 0 Å². The van der Waals surface area contributed by atoms with Gasteiger partial charge in [0.25, 0.3) is 0 Å². The van der Waals surface area contributed by atoms with Gasteiger partial charge in [-0.25, -0.2) is 4.98 Å². The summed E-state index contributed by atoms with van der Waals surface area (Å²) >= 11 is 0. The van der Waals surface area contributed by atoms with Crippen LogP contribution in [0.5, 0.6) is 11.5 Å². The maximum Gasteiger partial charge on any atom is 0.161 e. The van der Waals surface area contributed by atoms with Crippen LogP contribution in [0.25, 0.3) is 11.3 Å². The summed E-state index contributed by atoms with van der Waals surface area (Å²) < 4.78 is 12.8. The van der Waals surface area contributed by atoms with Crippen LogP contribution in [0.3, 0.4) is 0 Å². The lowest BCUT2D eigenvalue weighted by Gasteiger charge is -2.22. The first kappa shape index (κ1) is 13.8. The van der Waals surface area contributed by atoms with Gasteiger partial charge >= 0.3 is 0 Å². The number of rotatable bonds is 3. The molecule has 0 bridgehead atoms. The maximum atomic E-state index is 6.34. The first-order valence-electron chi connectivity index (χ1n) is 7.24. The van der Waals surface area contributed by atoms with E-state index in [1.165, 1.54) is 6.42 Å². The van der Waals surface area contributed by atoms with Crippen molar-refractivity contribution in [1.82, 2.24) is 9.55 Å². The maximum absolute atomic E-state index is 6.34. The molecule has 2 N–H and O–H groups in total. The molecule has 0 saturated carbocycles. The summed E-state index contributed by atoms with van der Waals surface area (Å²) in [4.78, 5) is 4.74. The third kappa shape index (κ3) is 2.22. The van der Waals surface area contributed by atoms with Gasteiger partial charge in [-0.15, -0.1) is 0 Å². The third-order valence-electron chi connectivity index (χ3n) is 4.14. The number of hydrogen-bond acceptors (Lipinski definition) is 4. The highest BCUT2D eigenvalue weighted by molar-refractivity contribution is 5.73. The molecule has 5 heteroatoms. The van der Waals surface area contributed by atoms with E-state index in [9.17, 15) is 0 Å². The van der Waals surface area contributed by atoms with Crippen LogP contribution in [0, 0.1) is 0 Å². The normalized spacial score (nSPS) is 17.4. The van der Waals surface area contributed by atoms with Gasteiger partial charge in [-0.05, 0) is 38.0 Å². The predicted octanol–water partition coefficient (Wildman–Crippen LogP) is 3.05. The zero-order valence-electron chi connectivity index (χ0n) is 12.7. The van der Waals surface area contributed by atoms with Gasteiger partial charge in [0.05, 0.1) is 14.2 Å². The van der Waals surface area contributed by atoms with Gasteiger partial charge in [0.1, 0.15) is 17.3 Å². The van der Waals surface area contributed by atoms with E-state index in [0.29, 0.717) is 17.5 Å². The molecule has 0 aliphatic carbocycles. The molecule has 1 aromatic heterocycles. The largest absolute Gasteiger partial charge is 0.493 e. The fourth-order valence-electron chi connectivity index (χ4n) is 3.04. The molecule has 2 aromatic rings. The molecule has 2 heterocycles. The van der Waals surface area contributed by atoms with E-state index in [1.54, 1.807) is 14.2 Å². The Balaban J connectivity index is 2.09. The number of nitrogens with zero attached hydrogens (tertiary/aromatic N) is 2. The number of methoxy groups -OCH3 is 2. The van der Waals surface area contributed by atoms with Crippen molar-refractivity contribution in [2.75, 3.05) is 20.0 Å². The van der Waals surface area contributed by atoms with Crippen molar-refractivity contribution in [3.05, 3.63) is 24.0 Å². The minimum Gasteiger partial charge on any atom is -0.493 e. The summed E-state index contributed by atoms with van der Waals surface area (Å²) in [6, 6.07) is 6.19. The van der Waals surface area contributed by atoms with Crippen LogP contribution in [0.4, 0.5) is 5.82 Å². The highest BCUT2D eigenvalue weighted by Gasteiger charge is 2.23. The highest BCUT2D eigenvalue weighted by Crippen LogP contribution is 2.37. The fourth-order valence-corrected chi connectivity index (χ4v) is 3.04. The lowest BCUT2D eigenvalue weighted by Crippen LogP contribution is -2.16. The molecule has 5 nitrogen and oxygen atoms in total. The minimum atomic E-state index is 0.412. The average Bonchev–Trinajstić information content (AvgIpc) is 2.85. The first-order valence-corrected chi connectivity index (χ1v) is 7.24. The Kier molecular flexibility index (Phi) is 3.49. The molecule has 112 valence electrons. The van der Waals surface area contributed by atoms with Crippen molar-refractivity contribution >= 4 is 5.82 Å². The van der Waals surface area contributed by atoms with Crippen LogP contribution in [0.2, 0.25) is 0 Å². The topological polar surface area (TPSA) is 62.3 Å². The molecule has 3 rings (SSSR count). The number of aromatic nitrogens is 2. The van der Waals surface area contributed by atoms with Crippen molar-refractivity contribution < 1.29 is 9.47 Å². The first-order chi connectivity index (χ1) is 10.2. The molecule has 1 unspecified atom stereocenters. The van der Waals surface area contributed by atoms with E-state index in [0.717, 1.165) is 35.7 Å². The van der Waals surface area contributed by atoms with Gasteiger partial charge in [-0.1, -0.05) is 0 Å². The molecule has 1 aliphatic rings. The average molecular weight is 287 g/mol. The fraction of sp³-hybridized carbons (Fsp3) is 0.438. The van der Waals surface area contributed by atoms with Crippen molar-refractivity contribution in [2.45, 2.75) is 32.2 Å². The summed E-state index contributed by atoms with van der Waals surface area (Å²) in [6.45, 7) is 2.19. The summed E-state index contributed by atoms with van der Waals surface area (Å²) in [5.74, 6) is 3.21. The number of ether oxygens (including phenoxy) is 2. The molecule has 1 aromatic carbocycles. The van der Waals surface area contributed by atoms with E-state index in [2.05, 4.69) is 11.5 Å². The van der Waals surface area contributed by atoms with Crippen LogP contribution in [0.15, 0.2) is 18.2 Å². The number of nitrogens with two attached hydrogens (primary N) is 1. The van der Waals surface area contributed by atoms with Gasteiger partial charge < -0.3 is 19.8 Å². The Labute approximate surface area is 124 Å². The van der Waals surface area contributed by atoms with Crippen LogP contribution >= 0.6 is 0 Å². The molecule has 0 amide bonds. The van der Waals surface area contributed by atoms with Crippen LogP contribution in [0.1, 0.15) is 31.6 Å². The third-order valence-corrected chi connectivity index (χ3v) is 4.14. The number of benzene rings is 1. The number of imidazole rings is 1. The second-order valence-corrected chi connectivity index (χ2v) is 5.44. The Morgan fingerprint density at radius 3 is 2.67 bits per heavy atom. The molecule has 1 aliphatic heterocycles. The molecule has 0 fully saturated rings. The molecule has 0 saturated heterocycles. The Morgan fingerprint density at radius 1 is 1.24 bits per heavy atom. The lowest BCUT2D eigenvalue weighted by atomic mass is 10.1. The van der Waals surface area contributed by atoms with Gasteiger partial charge in [-0.2, -0.15) is 0 Å². The van der Waals surface area contributed by atoms with Crippen LogP contribution < -0.4 is 15.2 Å². The molecule has 0 spiro atoms. The van der Waals surface area contributed by atoms with E-state index in [-0.39, 0.29) is 0 Å². The van der Waals surface area contributed by atoms with Crippen LogP contribution in [-0.2, 0) is 6.42 Å². The van der Waals surface area contributed by atoms with E-state index < -0.39 is 0 Å². The highest BCUT2D eigenvalue weighted by atomic mass is 16.5. The number of hydrogen-bond donors (Lipinski definition) is 1. The summed E-state index contributed by atoms with van der Waals surface area (Å²) in [5, 5.41) is 0. The minimum absolute atomic E-state index is 0.412. The number of nitrogen functional groups attached to an aromatic ring is 1. The summed E-state index contributed by atoms with van der Waals surface area (Å²) in [5.41, 5.74) is 8.13. The molecule has 0 radical (unpaired) electrons. The SMILES string of the molecule is COc1ccc(-c2nc3n(c2N)C(C)CCC3)cc1OC. The standard InChI is InChI=1S/C16H21N3O2/c1-10-5-4-6-14-18-15(16(17)19(10)14)11-7-8-12(20-2)13(9-11)21-3/h7-10H,4-6,17H2,1-3H3. The zero-order valence-corrected chi connectivity index (χ0v) is 12.7. The van der Waals surface area contributed by atoms with E-state index in [4.69, 9.17) is 20.2 Å². The Bertz CT molecular complexity index is 664. The predicted molar refractivity (Wildman–Crippen MR) is 82.8 cm³/mol. The van der Waals surface area contributed by atoms with Gasteiger partial charge in [0, 0.05) is 18.0 Å². The van der Waals surface area contributed by atoms with Gasteiger partial charge in [-0.3, -0.25) is 0 Å². The monoisotopic (exact) mass is 287 g/mol. The molecule has 21 heavy (non-hydrogen) atoms. The Morgan fingerprint density at radius 2 is 2.00 bits per heavy atom. The smallest absolute Gasteiger partial charge is 0.161 e. The number of aryl methyl sites for hydroxylation is 1. The second-order valence-electron chi connectivity index (χ2n) is 5.44. The Hall–Kier alpha value is -2.17. The lowest BCUT2D eigenvalue weighted by molar-refractivity contribution is 0.355. The second kappa shape index (κ2) is 5.31. The molecular formula is C16H21N3O2. The zero-order chi connectivity index (χ0) is 15.0. The van der Waals surface area contributed by atoms with Crippen molar-refractivity contribution in [1.29, 1.82) is 0 Å². The quantitative estimate of drug-likeness (QED) is 0.942. The number of anilines is 1. The molecular weight excluding hydrogens is 266 g/mol. The van der Waals surface area contributed by atoms with Crippen LogP contribution in [-0.4, -0.2) is 23.8 Å². The van der Waals surface area contributed by atoms with Crippen molar-refractivity contribution in [3.8, 4) is 22.8 Å².